The summed E-state index contributed by atoms with van der Waals surface area (Å²) < 4.78 is 3.29. The molecule has 0 aliphatic heterocycles. The second-order valence-corrected chi connectivity index (χ2v) is 5.71. The quantitative estimate of drug-likeness (QED) is 0.725. The topological polar surface area (TPSA) is 116 Å². The van der Waals surface area contributed by atoms with Crippen molar-refractivity contribution in [2.75, 3.05) is 0 Å². The maximum absolute atomic E-state index is 12.5. The summed E-state index contributed by atoms with van der Waals surface area (Å²) in [5.41, 5.74) is 1.23. The van der Waals surface area contributed by atoms with Crippen molar-refractivity contribution in [1.29, 1.82) is 0 Å². The summed E-state index contributed by atoms with van der Waals surface area (Å²) in [7, 11) is 0. The summed E-state index contributed by atoms with van der Waals surface area (Å²) >= 11 is 0. The number of hydrogen-bond acceptors (Lipinski definition) is 7. The van der Waals surface area contributed by atoms with Crippen molar-refractivity contribution in [3.05, 3.63) is 42.0 Å². The normalized spacial score (nSPS) is 15.2. The second kappa shape index (κ2) is 5.80. The van der Waals surface area contributed by atoms with Gasteiger partial charge in [-0.05, 0) is 58.8 Å². The predicted octanol–water partition coefficient (Wildman–Crippen LogP) is 0.475. The molecule has 24 heavy (non-hydrogen) atoms. The highest BCUT2D eigenvalue weighted by Crippen LogP contribution is 2.35. The summed E-state index contributed by atoms with van der Waals surface area (Å²) in [6, 6.07) is 7.14. The van der Waals surface area contributed by atoms with E-state index in [1.165, 1.54) is 11.0 Å². The molecule has 1 aromatic carbocycles. The fourth-order valence-electron chi connectivity index (χ4n) is 2.48. The first-order valence-electron chi connectivity index (χ1n) is 7.64. The van der Waals surface area contributed by atoms with E-state index in [4.69, 9.17) is 0 Å². The van der Waals surface area contributed by atoms with Crippen molar-refractivity contribution in [3.63, 3.8) is 0 Å². The van der Waals surface area contributed by atoms with Crippen LogP contribution in [0.2, 0.25) is 0 Å². The number of rotatable bonds is 5. The van der Waals surface area contributed by atoms with Crippen LogP contribution in [0.15, 0.2) is 30.6 Å². The first kappa shape index (κ1) is 14.4. The van der Waals surface area contributed by atoms with Gasteiger partial charge in [-0.3, -0.25) is 4.79 Å². The molecule has 0 saturated heterocycles. The summed E-state index contributed by atoms with van der Waals surface area (Å²) in [5, 5.41) is 25.7. The minimum absolute atomic E-state index is 0.206. The fourth-order valence-corrected chi connectivity index (χ4v) is 2.48. The van der Waals surface area contributed by atoms with E-state index in [1.54, 1.807) is 22.9 Å². The lowest BCUT2D eigenvalue weighted by Gasteiger charge is -2.13. The van der Waals surface area contributed by atoms with E-state index in [0.717, 1.165) is 12.8 Å². The highest BCUT2D eigenvalue weighted by molar-refractivity contribution is 5.94. The van der Waals surface area contributed by atoms with Crippen LogP contribution in [0, 0.1) is 0 Å². The van der Waals surface area contributed by atoms with Gasteiger partial charge in [-0.25, -0.2) is 9.36 Å². The molecule has 1 aliphatic carbocycles. The molecule has 0 radical (unpaired) electrons. The number of benzene rings is 1. The number of nitrogens with zero attached hydrogens (tertiary/aromatic N) is 8. The van der Waals surface area contributed by atoms with Crippen LogP contribution in [0.25, 0.3) is 5.69 Å². The molecular formula is C14H15N9O. The number of amides is 1. The van der Waals surface area contributed by atoms with Gasteiger partial charge < -0.3 is 5.32 Å². The van der Waals surface area contributed by atoms with Gasteiger partial charge in [0.15, 0.2) is 5.82 Å². The molecule has 10 heteroatoms. The van der Waals surface area contributed by atoms with Crippen molar-refractivity contribution in [3.8, 4) is 5.69 Å². The molecule has 4 rings (SSSR count). The second-order valence-electron chi connectivity index (χ2n) is 5.71. The molecule has 0 spiro atoms. The number of carbonyl (C=O) groups is 1. The van der Waals surface area contributed by atoms with Gasteiger partial charge in [0.05, 0.1) is 17.8 Å². The number of nitrogens with one attached hydrogen (secondary N) is 1. The van der Waals surface area contributed by atoms with E-state index in [-0.39, 0.29) is 11.9 Å². The van der Waals surface area contributed by atoms with Crippen LogP contribution in [0.3, 0.4) is 0 Å². The van der Waals surface area contributed by atoms with E-state index in [1.807, 2.05) is 13.0 Å². The standard InChI is InChI=1S/C14H15N9O/c1-9(13-17-19-21-23(13)11-5-6-11)16-14(24)10-3-2-4-12(7-10)22-8-15-18-20-22/h2-4,7-9,11H,5-6H2,1H3,(H,16,24). The summed E-state index contributed by atoms with van der Waals surface area (Å²) in [5.74, 6) is 0.463. The van der Waals surface area contributed by atoms with E-state index in [0.29, 0.717) is 23.1 Å². The molecule has 2 heterocycles. The monoisotopic (exact) mass is 325 g/mol. The van der Waals surface area contributed by atoms with Gasteiger partial charge >= 0.3 is 0 Å². The van der Waals surface area contributed by atoms with Crippen LogP contribution in [-0.4, -0.2) is 46.3 Å². The lowest BCUT2D eigenvalue weighted by molar-refractivity contribution is 0.0937. The van der Waals surface area contributed by atoms with Crippen LogP contribution in [-0.2, 0) is 0 Å². The Hall–Kier alpha value is -3.17. The Labute approximate surface area is 136 Å². The molecule has 1 fully saturated rings. The number of hydrogen-bond donors (Lipinski definition) is 1. The van der Waals surface area contributed by atoms with Crippen LogP contribution in [0.5, 0.6) is 0 Å². The number of aromatic nitrogens is 8. The van der Waals surface area contributed by atoms with E-state index in [2.05, 4.69) is 36.4 Å². The molecule has 1 amide bonds. The average molecular weight is 325 g/mol. The van der Waals surface area contributed by atoms with Crippen LogP contribution in [0.1, 0.15) is 48.0 Å². The third-order valence-electron chi connectivity index (χ3n) is 3.87. The van der Waals surface area contributed by atoms with Crippen molar-refractivity contribution < 1.29 is 4.79 Å². The summed E-state index contributed by atoms with van der Waals surface area (Å²) in [6.45, 7) is 1.87. The van der Waals surface area contributed by atoms with Crippen LogP contribution >= 0.6 is 0 Å². The van der Waals surface area contributed by atoms with E-state index in [9.17, 15) is 4.79 Å². The Morgan fingerprint density at radius 2 is 2.17 bits per heavy atom. The van der Waals surface area contributed by atoms with Crippen LogP contribution in [0.4, 0.5) is 0 Å². The van der Waals surface area contributed by atoms with E-state index < -0.39 is 0 Å². The maximum Gasteiger partial charge on any atom is 0.251 e. The molecular weight excluding hydrogens is 310 g/mol. The number of carbonyl (C=O) groups excluding carboxylic acids is 1. The minimum Gasteiger partial charge on any atom is -0.342 e. The molecule has 1 atom stereocenters. The Kier molecular flexibility index (Phi) is 3.48. The van der Waals surface area contributed by atoms with Gasteiger partial charge in [0.2, 0.25) is 0 Å². The summed E-state index contributed by atoms with van der Waals surface area (Å²) in [4.78, 5) is 12.5. The highest BCUT2D eigenvalue weighted by atomic mass is 16.1. The minimum atomic E-state index is -0.287. The third-order valence-corrected chi connectivity index (χ3v) is 3.87. The first-order valence-corrected chi connectivity index (χ1v) is 7.64. The highest BCUT2D eigenvalue weighted by Gasteiger charge is 2.30. The van der Waals surface area contributed by atoms with Gasteiger partial charge in [0, 0.05) is 5.56 Å². The van der Waals surface area contributed by atoms with Gasteiger partial charge in [-0.1, -0.05) is 6.07 Å². The molecule has 10 nitrogen and oxygen atoms in total. The zero-order valence-electron chi connectivity index (χ0n) is 12.9. The van der Waals surface area contributed by atoms with Gasteiger partial charge in [0.25, 0.3) is 5.91 Å². The Morgan fingerprint density at radius 3 is 2.92 bits per heavy atom. The first-order chi connectivity index (χ1) is 11.7. The lowest BCUT2D eigenvalue weighted by Crippen LogP contribution is -2.29. The fraction of sp³-hybridized carbons (Fsp3) is 0.357. The molecule has 1 N–H and O–H groups in total. The van der Waals surface area contributed by atoms with Gasteiger partial charge in [0.1, 0.15) is 6.33 Å². The molecule has 1 aliphatic rings. The largest absolute Gasteiger partial charge is 0.342 e. The average Bonchev–Trinajstić information content (AvgIpc) is 3.11. The molecule has 0 bridgehead atoms. The Bertz CT molecular complexity index is 853. The molecule has 1 unspecified atom stereocenters. The molecule has 1 saturated carbocycles. The summed E-state index contributed by atoms with van der Waals surface area (Å²) in [6.07, 6.45) is 3.63. The van der Waals surface area contributed by atoms with Crippen molar-refractivity contribution in [2.45, 2.75) is 31.8 Å². The Morgan fingerprint density at radius 1 is 1.29 bits per heavy atom. The zero-order chi connectivity index (χ0) is 16.5. The molecule has 122 valence electrons. The van der Waals surface area contributed by atoms with Crippen LogP contribution < -0.4 is 5.32 Å². The zero-order valence-corrected chi connectivity index (χ0v) is 12.9. The van der Waals surface area contributed by atoms with Gasteiger partial charge in [-0.15, -0.1) is 10.2 Å². The number of tetrazole rings is 2. The van der Waals surface area contributed by atoms with Crippen molar-refractivity contribution >= 4 is 5.91 Å². The van der Waals surface area contributed by atoms with E-state index >= 15 is 0 Å². The molecule has 3 aromatic rings. The lowest BCUT2D eigenvalue weighted by atomic mass is 10.1. The molecule has 2 aromatic heterocycles. The maximum atomic E-state index is 12.5. The third kappa shape index (κ3) is 2.73. The van der Waals surface area contributed by atoms with Crippen molar-refractivity contribution in [2.24, 2.45) is 0 Å². The van der Waals surface area contributed by atoms with Crippen molar-refractivity contribution in [1.82, 2.24) is 45.7 Å². The Balaban J connectivity index is 1.51. The SMILES string of the molecule is CC(NC(=O)c1cccc(-n2cnnn2)c1)c1nnnn1C1CC1. The predicted molar refractivity (Wildman–Crippen MR) is 81.1 cm³/mol. The smallest absolute Gasteiger partial charge is 0.251 e. The van der Waals surface area contributed by atoms with Gasteiger partial charge in [-0.2, -0.15) is 0 Å².